The zero-order chi connectivity index (χ0) is 22.6. The Morgan fingerprint density at radius 1 is 1.06 bits per heavy atom. The zero-order valence-electron chi connectivity index (χ0n) is 19.2. The average molecular weight is 452 g/mol. The first-order chi connectivity index (χ1) is 14.7. The average Bonchev–Trinajstić information content (AvgIpc) is 2.72. The van der Waals surface area contributed by atoms with Crippen molar-refractivity contribution in [3.05, 3.63) is 29.8 Å². The molecule has 2 heterocycles. The monoisotopic (exact) mass is 451 g/mol. The summed E-state index contributed by atoms with van der Waals surface area (Å²) in [4.78, 5) is 15.5. The molecule has 174 valence electrons. The predicted molar refractivity (Wildman–Crippen MR) is 121 cm³/mol. The molecular formula is C23H37N3O4S. The van der Waals surface area contributed by atoms with Crippen molar-refractivity contribution in [1.82, 2.24) is 14.5 Å². The maximum absolute atomic E-state index is 13.0. The number of piperidine rings is 1. The van der Waals surface area contributed by atoms with E-state index < -0.39 is 10.0 Å². The number of carbonyl (C=O) groups is 1. The van der Waals surface area contributed by atoms with Gasteiger partial charge in [0.15, 0.2) is 0 Å². The number of hydrogen-bond acceptors (Lipinski definition) is 5. The van der Waals surface area contributed by atoms with Gasteiger partial charge in [0.25, 0.3) is 0 Å². The van der Waals surface area contributed by atoms with Gasteiger partial charge in [0.05, 0.1) is 23.1 Å². The smallest absolute Gasteiger partial charge is 0.243 e. The third kappa shape index (κ3) is 6.06. The minimum Gasteiger partial charge on any atom is -0.373 e. The van der Waals surface area contributed by atoms with Crippen LogP contribution in [-0.4, -0.2) is 68.0 Å². The van der Waals surface area contributed by atoms with E-state index in [1.807, 2.05) is 13.8 Å². The van der Waals surface area contributed by atoms with Crippen LogP contribution in [-0.2, 0) is 26.1 Å². The van der Waals surface area contributed by atoms with Gasteiger partial charge in [-0.25, -0.2) is 8.42 Å². The third-order valence-electron chi connectivity index (χ3n) is 6.08. The van der Waals surface area contributed by atoms with Crippen molar-refractivity contribution in [3.8, 4) is 0 Å². The highest BCUT2D eigenvalue weighted by Gasteiger charge is 2.34. The Balaban J connectivity index is 1.61. The minimum atomic E-state index is -3.43. The highest BCUT2D eigenvalue weighted by molar-refractivity contribution is 7.89. The number of nitrogens with zero attached hydrogens (tertiary/aromatic N) is 2. The Morgan fingerprint density at radius 2 is 1.65 bits per heavy atom. The summed E-state index contributed by atoms with van der Waals surface area (Å²) in [7, 11) is -3.43. The van der Waals surface area contributed by atoms with Gasteiger partial charge < -0.3 is 10.1 Å². The van der Waals surface area contributed by atoms with Crippen LogP contribution < -0.4 is 5.32 Å². The summed E-state index contributed by atoms with van der Waals surface area (Å²) in [6.45, 7) is 11.2. The van der Waals surface area contributed by atoms with Gasteiger partial charge in [0.2, 0.25) is 15.9 Å². The largest absolute Gasteiger partial charge is 0.373 e. The lowest BCUT2D eigenvalue weighted by Gasteiger charge is -2.41. The van der Waals surface area contributed by atoms with Gasteiger partial charge in [-0.3, -0.25) is 9.69 Å². The van der Waals surface area contributed by atoms with Crippen LogP contribution in [0.2, 0.25) is 0 Å². The molecule has 3 rings (SSSR count). The SMILES string of the molecule is CC1CN(C(C(=O)NCc2ccc(S(=O)(=O)N3CCCCC3)cc2)C(C)C)CC(C)O1. The molecule has 3 atom stereocenters. The maximum Gasteiger partial charge on any atom is 0.243 e. The number of benzene rings is 1. The molecule has 0 aliphatic carbocycles. The number of morpholine rings is 1. The van der Waals surface area contributed by atoms with Gasteiger partial charge in [-0.1, -0.05) is 32.4 Å². The Kier molecular flexibility index (Phi) is 8.13. The number of sulfonamides is 1. The van der Waals surface area contributed by atoms with Crippen molar-refractivity contribution in [2.75, 3.05) is 26.2 Å². The van der Waals surface area contributed by atoms with E-state index in [0.717, 1.165) is 37.9 Å². The first-order valence-corrected chi connectivity index (χ1v) is 12.9. The lowest BCUT2D eigenvalue weighted by molar-refractivity contribution is -0.135. The van der Waals surface area contributed by atoms with Crippen molar-refractivity contribution < 1.29 is 17.9 Å². The molecule has 0 bridgehead atoms. The van der Waals surface area contributed by atoms with Crippen LogP contribution in [0.15, 0.2) is 29.2 Å². The van der Waals surface area contributed by atoms with Crippen molar-refractivity contribution in [1.29, 1.82) is 0 Å². The van der Waals surface area contributed by atoms with Crippen molar-refractivity contribution >= 4 is 15.9 Å². The molecule has 0 saturated carbocycles. The fourth-order valence-electron chi connectivity index (χ4n) is 4.66. The van der Waals surface area contributed by atoms with Crippen LogP contribution >= 0.6 is 0 Å². The number of hydrogen-bond donors (Lipinski definition) is 1. The van der Waals surface area contributed by atoms with Crippen molar-refractivity contribution in [3.63, 3.8) is 0 Å². The molecule has 2 aliphatic heterocycles. The molecule has 1 N–H and O–H groups in total. The normalized spacial score (nSPS) is 24.8. The van der Waals surface area contributed by atoms with E-state index in [-0.39, 0.29) is 30.1 Å². The van der Waals surface area contributed by atoms with E-state index in [2.05, 4.69) is 24.1 Å². The fourth-order valence-corrected chi connectivity index (χ4v) is 6.18. The lowest BCUT2D eigenvalue weighted by Crippen LogP contribution is -2.56. The Hall–Kier alpha value is -1.48. The van der Waals surface area contributed by atoms with Crippen molar-refractivity contribution in [2.45, 2.75) is 76.6 Å². The summed E-state index contributed by atoms with van der Waals surface area (Å²) in [6.07, 6.45) is 3.13. The molecule has 1 aromatic rings. The van der Waals surface area contributed by atoms with Gasteiger partial charge in [-0.2, -0.15) is 4.31 Å². The molecule has 31 heavy (non-hydrogen) atoms. The minimum absolute atomic E-state index is 0.00122. The number of nitrogens with one attached hydrogen (secondary N) is 1. The highest BCUT2D eigenvalue weighted by atomic mass is 32.2. The first kappa shape index (κ1) is 24.2. The number of rotatable bonds is 7. The second-order valence-corrected chi connectivity index (χ2v) is 11.2. The van der Waals surface area contributed by atoms with Crippen LogP contribution in [0.4, 0.5) is 0 Å². The predicted octanol–water partition coefficient (Wildman–Crippen LogP) is 2.61. The summed E-state index contributed by atoms with van der Waals surface area (Å²) in [6, 6.07) is 6.67. The van der Waals surface area contributed by atoms with E-state index in [1.165, 1.54) is 0 Å². The summed E-state index contributed by atoms with van der Waals surface area (Å²) >= 11 is 0. The zero-order valence-corrected chi connectivity index (χ0v) is 20.0. The molecule has 3 unspecified atom stereocenters. The summed E-state index contributed by atoms with van der Waals surface area (Å²) < 4.78 is 33.0. The third-order valence-corrected chi connectivity index (χ3v) is 8.00. The van der Waals surface area contributed by atoms with Gasteiger partial charge in [0, 0.05) is 32.7 Å². The van der Waals surface area contributed by atoms with E-state index in [1.54, 1.807) is 28.6 Å². The standard InChI is InChI=1S/C23H37N3O4S/c1-17(2)22(25-15-18(3)30-19(4)16-25)23(27)24-14-20-8-10-21(11-9-20)31(28,29)26-12-6-5-7-13-26/h8-11,17-19,22H,5-7,12-16H2,1-4H3,(H,24,27). The second-order valence-electron chi connectivity index (χ2n) is 9.23. The number of ether oxygens (including phenoxy) is 1. The molecule has 7 nitrogen and oxygen atoms in total. The molecule has 1 amide bonds. The van der Waals surface area contributed by atoms with Gasteiger partial charge >= 0.3 is 0 Å². The van der Waals surface area contributed by atoms with Gasteiger partial charge in [-0.05, 0) is 50.3 Å². The van der Waals surface area contributed by atoms with Crippen molar-refractivity contribution in [2.24, 2.45) is 5.92 Å². The van der Waals surface area contributed by atoms with Crippen LogP contribution in [0.25, 0.3) is 0 Å². The van der Waals surface area contributed by atoms with E-state index in [9.17, 15) is 13.2 Å². The molecule has 0 spiro atoms. The molecule has 2 fully saturated rings. The molecule has 2 aliphatic rings. The quantitative estimate of drug-likeness (QED) is 0.689. The molecule has 8 heteroatoms. The van der Waals surface area contributed by atoms with Crippen LogP contribution in [0.1, 0.15) is 52.5 Å². The lowest BCUT2D eigenvalue weighted by atomic mass is 9.99. The van der Waals surface area contributed by atoms with Crippen LogP contribution in [0.5, 0.6) is 0 Å². The maximum atomic E-state index is 13.0. The fraction of sp³-hybridized carbons (Fsp3) is 0.696. The van der Waals surface area contributed by atoms with E-state index in [0.29, 0.717) is 24.5 Å². The molecule has 0 aromatic heterocycles. The van der Waals surface area contributed by atoms with Crippen LogP contribution in [0.3, 0.4) is 0 Å². The van der Waals surface area contributed by atoms with Crippen LogP contribution in [0, 0.1) is 5.92 Å². The Bertz CT molecular complexity index is 825. The van der Waals surface area contributed by atoms with Gasteiger partial charge in [0.1, 0.15) is 0 Å². The Morgan fingerprint density at radius 3 is 2.19 bits per heavy atom. The van der Waals surface area contributed by atoms with E-state index in [4.69, 9.17) is 4.74 Å². The molecule has 2 saturated heterocycles. The molecule has 1 aromatic carbocycles. The topological polar surface area (TPSA) is 79.0 Å². The summed E-state index contributed by atoms with van der Waals surface area (Å²) in [5.41, 5.74) is 0.886. The number of amides is 1. The second kappa shape index (κ2) is 10.4. The summed E-state index contributed by atoms with van der Waals surface area (Å²) in [5.74, 6) is 0.177. The molecular weight excluding hydrogens is 414 g/mol. The molecule has 0 radical (unpaired) electrons. The first-order valence-electron chi connectivity index (χ1n) is 11.4. The highest BCUT2D eigenvalue weighted by Crippen LogP contribution is 2.21. The number of carbonyl (C=O) groups excluding carboxylic acids is 1. The van der Waals surface area contributed by atoms with Gasteiger partial charge in [-0.15, -0.1) is 0 Å². The van der Waals surface area contributed by atoms with E-state index >= 15 is 0 Å². The Labute approximate surface area is 187 Å². The summed E-state index contributed by atoms with van der Waals surface area (Å²) in [5, 5.41) is 3.05.